The van der Waals surface area contributed by atoms with Crippen molar-refractivity contribution in [2.45, 2.75) is 50.6 Å². The minimum Gasteiger partial charge on any atom is -0.310 e. The zero-order chi connectivity index (χ0) is 13.8. The van der Waals surface area contributed by atoms with Crippen LogP contribution in [0, 0.1) is 5.92 Å². The molecule has 3 rings (SSSR count). The van der Waals surface area contributed by atoms with E-state index in [4.69, 9.17) is 0 Å². The van der Waals surface area contributed by atoms with Gasteiger partial charge in [-0.25, -0.2) is 0 Å². The zero-order valence-electron chi connectivity index (χ0n) is 12.7. The van der Waals surface area contributed by atoms with Gasteiger partial charge in [0.05, 0.1) is 0 Å². The summed E-state index contributed by atoms with van der Waals surface area (Å²) < 4.78 is 0. The summed E-state index contributed by atoms with van der Waals surface area (Å²) in [4.78, 5) is 2.50. The SMILES string of the molecule is CN(CCc1ccccc1)CC1CC2CCCCC2N1. The molecule has 0 aromatic heterocycles. The lowest BCUT2D eigenvalue weighted by Gasteiger charge is -2.24. The van der Waals surface area contributed by atoms with Crippen molar-refractivity contribution in [3.05, 3.63) is 35.9 Å². The van der Waals surface area contributed by atoms with Crippen molar-refractivity contribution in [1.82, 2.24) is 10.2 Å². The number of nitrogens with zero attached hydrogens (tertiary/aromatic N) is 1. The summed E-state index contributed by atoms with van der Waals surface area (Å²) in [7, 11) is 2.27. The largest absolute Gasteiger partial charge is 0.310 e. The summed E-state index contributed by atoms with van der Waals surface area (Å²) >= 11 is 0. The zero-order valence-corrected chi connectivity index (χ0v) is 12.7. The second-order valence-electron chi connectivity index (χ2n) is 6.75. The van der Waals surface area contributed by atoms with Crippen LogP contribution < -0.4 is 5.32 Å². The van der Waals surface area contributed by atoms with Crippen LogP contribution in [-0.4, -0.2) is 37.1 Å². The third-order valence-corrected chi connectivity index (χ3v) is 5.10. The summed E-state index contributed by atoms with van der Waals surface area (Å²) in [6, 6.07) is 12.4. The lowest BCUT2D eigenvalue weighted by atomic mass is 9.85. The molecule has 2 aliphatic rings. The van der Waals surface area contributed by atoms with Gasteiger partial charge in [0.1, 0.15) is 0 Å². The van der Waals surface area contributed by atoms with E-state index in [9.17, 15) is 0 Å². The molecule has 20 heavy (non-hydrogen) atoms. The van der Waals surface area contributed by atoms with Crippen LogP contribution in [0.2, 0.25) is 0 Å². The predicted octanol–water partition coefficient (Wildman–Crippen LogP) is 3.08. The molecule has 3 atom stereocenters. The lowest BCUT2D eigenvalue weighted by molar-refractivity contribution is 0.298. The van der Waals surface area contributed by atoms with Gasteiger partial charge in [-0.15, -0.1) is 0 Å². The van der Waals surface area contributed by atoms with Gasteiger partial charge in [-0.3, -0.25) is 0 Å². The molecule has 2 heteroatoms. The Hall–Kier alpha value is -0.860. The highest BCUT2D eigenvalue weighted by Gasteiger charge is 2.35. The number of rotatable bonds is 5. The van der Waals surface area contributed by atoms with Crippen molar-refractivity contribution in [2.24, 2.45) is 5.92 Å². The molecule has 0 spiro atoms. The van der Waals surface area contributed by atoms with Gasteiger partial charge >= 0.3 is 0 Å². The average Bonchev–Trinajstić information content (AvgIpc) is 2.88. The van der Waals surface area contributed by atoms with Gasteiger partial charge < -0.3 is 10.2 Å². The monoisotopic (exact) mass is 272 g/mol. The highest BCUT2D eigenvalue weighted by molar-refractivity contribution is 5.14. The van der Waals surface area contributed by atoms with Crippen LogP contribution in [0.5, 0.6) is 0 Å². The highest BCUT2D eigenvalue weighted by atomic mass is 15.1. The summed E-state index contributed by atoms with van der Waals surface area (Å²) in [6.07, 6.45) is 8.33. The number of nitrogens with one attached hydrogen (secondary N) is 1. The first kappa shape index (κ1) is 14.1. The van der Waals surface area contributed by atoms with E-state index < -0.39 is 0 Å². The fourth-order valence-corrected chi connectivity index (χ4v) is 4.00. The molecule has 2 nitrogen and oxygen atoms in total. The Kier molecular flexibility index (Phi) is 4.74. The van der Waals surface area contributed by atoms with Gasteiger partial charge in [0.2, 0.25) is 0 Å². The van der Waals surface area contributed by atoms with E-state index in [2.05, 4.69) is 47.6 Å². The van der Waals surface area contributed by atoms with E-state index in [1.54, 1.807) is 0 Å². The Morgan fingerprint density at radius 1 is 1.15 bits per heavy atom. The molecule has 1 N–H and O–H groups in total. The molecule has 1 saturated carbocycles. The van der Waals surface area contributed by atoms with Crippen LogP contribution in [0.15, 0.2) is 30.3 Å². The number of likely N-dealkylation sites (N-methyl/N-ethyl adjacent to an activating group) is 1. The summed E-state index contributed by atoms with van der Waals surface area (Å²) in [6.45, 7) is 2.37. The van der Waals surface area contributed by atoms with Crippen molar-refractivity contribution in [3.63, 3.8) is 0 Å². The first-order valence-corrected chi connectivity index (χ1v) is 8.30. The highest BCUT2D eigenvalue weighted by Crippen LogP contribution is 2.33. The predicted molar refractivity (Wildman–Crippen MR) is 84.9 cm³/mol. The molecule has 1 aliphatic carbocycles. The topological polar surface area (TPSA) is 15.3 Å². The van der Waals surface area contributed by atoms with Crippen molar-refractivity contribution < 1.29 is 0 Å². The minimum atomic E-state index is 0.726. The first-order chi connectivity index (χ1) is 9.81. The van der Waals surface area contributed by atoms with Crippen LogP contribution in [0.3, 0.4) is 0 Å². The Morgan fingerprint density at radius 3 is 2.75 bits per heavy atom. The van der Waals surface area contributed by atoms with Gasteiger partial charge in [-0.05, 0) is 44.2 Å². The summed E-state index contributed by atoms with van der Waals surface area (Å²) in [5, 5.41) is 3.88. The maximum Gasteiger partial charge on any atom is 0.0200 e. The van der Waals surface area contributed by atoms with E-state index in [0.717, 1.165) is 31.0 Å². The van der Waals surface area contributed by atoms with Gasteiger partial charge in [-0.2, -0.15) is 0 Å². The quantitative estimate of drug-likeness (QED) is 0.886. The number of hydrogen-bond donors (Lipinski definition) is 1. The van der Waals surface area contributed by atoms with Crippen molar-refractivity contribution in [2.75, 3.05) is 20.1 Å². The van der Waals surface area contributed by atoms with Gasteiger partial charge in [0.25, 0.3) is 0 Å². The molecule has 1 saturated heterocycles. The average molecular weight is 272 g/mol. The maximum absolute atomic E-state index is 3.88. The molecule has 0 amide bonds. The molecule has 0 bridgehead atoms. The number of hydrogen-bond acceptors (Lipinski definition) is 2. The number of fused-ring (bicyclic) bond motifs is 1. The molecular weight excluding hydrogens is 244 g/mol. The Bertz CT molecular complexity index is 389. The van der Waals surface area contributed by atoms with E-state index in [-0.39, 0.29) is 0 Å². The maximum atomic E-state index is 3.88. The van der Waals surface area contributed by atoms with Crippen molar-refractivity contribution in [3.8, 4) is 0 Å². The fraction of sp³-hybridized carbons (Fsp3) is 0.667. The second kappa shape index (κ2) is 6.73. The standard InChI is InChI=1S/C18H28N2/c1-20(12-11-15-7-3-2-4-8-15)14-17-13-16-9-5-6-10-18(16)19-17/h2-4,7-8,16-19H,5-6,9-14H2,1H3. The van der Waals surface area contributed by atoms with Crippen LogP contribution in [0.25, 0.3) is 0 Å². The Balaban J connectivity index is 1.42. The molecule has 1 heterocycles. The van der Waals surface area contributed by atoms with Gasteiger partial charge in [-0.1, -0.05) is 43.2 Å². The molecule has 1 aliphatic heterocycles. The van der Waals surface area contributed by atoms with Crippen LogP contribution >= 0.6 is 0 Å². The third kappa shape index (κ3) is 3.62. The normalized spacial score (nSPS) is 29.6. The van der Waals surface area contributed by atoms with Crippen LogP contribution in [0.4, 0.5) is 0 Å². The van der Waals surface area contributed by atoms with E-state index in [1.165, 1.54) is 44.2 Å². The minimum absolute atomic E-state index is 0.726. The molecule has 0 radical (unpaired) electrons. The fourth-order valence-electron chi connectivity index (χ4n) is 4.00. The van der Waals surface area contributed by atoms with Crippen LogP contribution in [0.1, 0.15) is 37.7 Å². The Morgan fingerprint density at radius 2 is 1.95 bits per heavy atom. The smallest absolute Gasteiger partial charge is 0.0200 e. The molecule has 3 unspecified atom stereocenters. The molecule has 110 valence electrons. The first-order valence-electron chi connectivity index (χ1n) is 8.30. The molecular formula is C18H28N2. The second-order valence-corrected chi connectivity index (χ2v) is 6.75. The van der Waals surface area contributed by atoms with Crippen molar-refractivity contribution in [1.29, 1.82) is 0 Å². The lowest BCUT2D eigenvalue weighted by Crippen LogP contribution is -2.39. The van der Waals surface area contributed by atoms with Gasteiger partial charge in [0, 0.05) is 25.2 Å². The van der Waals surface area contributed by atoms with Gasteiger partial charge in [0.15, 0.2) is 0 Å². The summed E-state index contributed by atoms with van der Waals surface area (Å²) in [5.74, 6) is 0.969. The van der Waals surface area contributed by atoms with Crippen LogP contribution in [-0.2, 0) is 6.42 Å². The third-order valence-electron chi connectivity index (χ3n) is 5.10. The van der Waals surface area contributed by atoms with Crippen molar-refractivity contribution >= 4 is 0 Å². The van der Waals surface area contributed by atoms with E-state index in [1.807, 2.05) is 0 Å². The molecule has 1 aromatic carbocycles. The van der Waals surface area contributed by atoms with E-state index in [0.29, 0.717) is 0 Å². The number of benzene rings is 1. The molecule has 1 aromatic rings. The Labute approximate surface area is 123 Å². The van der Waals surface area contributed by atoms with E-state index >= 15 is 0 Å². The summed E-state index contributed by atoms with van der Waals surface area (Å²) in [5.41, 5.74) is 1.45. The molecule has 2 fully saturated rings.